The van der Waals surface area contributed by atoms with Crippen molar-refractivity contribution in [3.8, 4) is 0 Å². The van der Waals surface area contributed by atoms with Gasteiger partial charge in [0.15, 0.2) is 5.78 Å². The van der Waals surface area contributed by atoms with E-state index in [1.807, 2.05) is 42.5 Å². The molecule has 2 aromatic carbocycles. The van der Waals surface area contributed by atoms with Gasteiger partial charge in [-0.1, -0.05) is 54.6 Å². The van der Waals surface area contributed by atoms with Gasteiger partial charge in [0.05, 0.1) is 6.54 Å². The number of carbonyl (C=O) groups is 3. The highest BCUT2D eigenvalue weighted by atomic mass is 16.5. The van der Waals surface area contributed by atoms with E-state index in [4.69, 9.17) is 4.74 Å². The number of aliphatic imine (C=N–C) groups is 1. The molecule has 0 atom stereocenters. The van der Waals surface area contributed by atoms with E-state index in [0.29, 0.717) is 5.56 Å². The monoisotopic (exact) mass is 419 g/mol. The third kappa shape index (κ3) is 5.24. The van der Waals surface area contributed by atoms with E-state index in [1.165, 1.54) is 12.8 Å². The summed E-state index contributed by atoms with van der Waals surface area (Å²) in [5.41, 5.74) is 2.55. The van der Waals surface area contributed by atoms with Crippen LogP contribution in [0.4, 0.5) is 0 Å². The second-order valence-electron chi connectivity index (χ2n) is 7.81. The van der Waals surface area contributed by atoms with Crippen LogP contribution in [-0.4, -0.2) is 59.5 Å². The first-order valence-electron chi connectivity index (χ1n) is 10.5. The van der Waals surface area contributed by atoms with Crippen LogP contribution < -0.4 is 0 Å². The largest absolute Gasteiger partial charge is 0.470 e. The molecule has 0 saturated carbocycles. The molecule has 7 nitrogen and oxygen atoms in total. The summed E-state index contributed by atoms with van der Waals surface area (Å²) in [5.74, 6) is -2.02. The number of benzene rings is 2. The first-order valence-corrected chi connectivity index (χ1v) is 10.5. The van der Waals surface area contributed by atoms with Crippen molar-refractivity contribution in [2.75, 3.05) is 26.3 Å². The lowest BCUT2D eigenvalue weighted by atomic mass is 10.1. The van der Waals surface area contributed by atoms with E-state index in [-0.39, 0.29) is 31.5 Å². The van der Waals surface area contributed by atoms with E-state index < -0.39 is 11.7 Å². The fourth-order valence-corrected chi connectivity index (χ4v) is 3.74. The van der Waals surface area contributed by atoms with Gasteiger partial charge in [0.2, 0.25) is 0 Å². The molecule has 2 aromatic rings. The summed E-state index contributed by atoms with van der Waals surface area (Å²) in [6.45, 7) is 3.00. The van der Waals surface area contributed by atoms with Crippen molar-refractivity contribution in [1.29, 1.82) is 0 Å². The van der Waals surface area contributed by atoms with Crippen LogP contribution in [-0.2, 0) is 27.5 Å². The quantitative estimate of drug-likeness (QED) is 0.509. The number of amides is 1. The van der Waals surface area contributed by atoms with Gasteiger partial charge in [0.1, 0.15) is 13.3 Å². The highest BCUT2D eigenvalue weighted by molar-refractivity contribution is 6.63. The summed E-state index contributed by atoms with van der Waals surface area (Å²) in [6, 6.07) is 16.8. The highest BCUT2D eigenvalue weighted by Gasteiger charge is 2.33. The number of hydrogen-bond donors (Lipinski definition) is 0. The van der Waals surface area contributed by atoms with Crippen LogP contribution in [0, 0.1) is 0 Å². The van der Waals surface area contributed by atoms with Gasteiger partial charge in [-0.05, 0) is 37.1 Å². The molecule has 4 rings (SSSR count). The standard InChI is InChI=1S/C24H25N3O4/c28-21(20-10-8-18(9-11-20)14-26-12-4-5-13-26)15-27-17-25-23(22(29)24(27)30)31-16-19-6-2-1-3-7-19/h1-3,6-11H,4-5,12-17H2. The third-order valence-corrected chi connectivity index (χ3v) is 5.49. The van der Waals surface area contributed by atoms with Gasteiger partial charge in [0.25, 0.3) is 5.90 Å². The van der Waals surface area contributed by atoms with Crippen molar-refractivity contribution < 1.29 is 19.1 Å². The van der Waals surface area contributed by atoms with E-state index in [2.05, 4.69) is 9.89 Å². The molecule has 0 spiro atoms. The smallest absolute Gasteiger partial charge is 0.304 e. The van der Waals surface area contributed by atoms with Crippen molar-refractivity contribution in [2.45, 2.75) is 26.0 Å². The fraction of sp³-hybridized carbons (Fsp3) is 0.333. The number of Topliss-reactive ketones (excluding diaryl/α,β-unsaturated/α-hetero) is 2. The molecule has 2 aliphatic heterocycles. The van der Waals surface area contributed by atoms with E-state index in [0.717, 1.165) is 35.7 Å². The van der Waals surface area contributed by atoms with E-state index in [9.17, 15) is 14.4 Å². The number of ketones is 2. The average molecular weight is 419 g/mol. The van der Waals surface area contributed by atoms with Crippen LogP contribution >= 0.6 is 0 Å². The summed E-state index contributed by atoms with van der Waals surface area (Å²) >= 11 is 0. The lowest BCUT2D eigenvalue weighted by Crippen LogP contribution is -2.47. The SMILES string of the molecule is O=C1C(=O)N(CC(=O)c2ccc(CN3CCCC3)cc2)CN=C1OCc1ccccc1. The predicted molar refractivity (Wildman–Crippen MR) is 116 cm³/mol. The molecule has 0 radical (unpaired) electrons. The van der Waals surface area contributed by atoms with Crippen LogP contribution in [0.2, 0.25) is 0 Å². The van der Waals surface area contributed by atoms with Crippen LogP contribution in [0.15, 0.2) is 59.6 Å². The Bertz CT molecular complexity index is 980. The second-order valence-corrected chi connectivity index (χ2v) is 7.81. The molecule has 0 unspecified atom stereocenters. The van der Waals surface area contributed by atoms with Crippen molar-refractivity contribution >= 4 is 23.4 Å². The normalized spacial score (nSPS) is 17.0. The fourth-order valence-electron chi connectivity index (χ4n) is 3.74. The second kappa shape index (κ2) is 9.66. The molecular formula is C24H25N3O4. The minimum atomic E-state index is -0.823. The number of nitrogens with zero attached hydrogens (tertiary/aromatic N) is 3. The van der Waals surface area contributed by atoms with Gasteiger partial charge >= 0.3 is 11.7 Å². The zero-order valence-corrected chi connectivity index (χ0v) is 17.3. The zero-order chi connectivity index (χ0) is 21.6. The van der Waals surface area contributed by atoms with Crippen LogP contribution in [0.5, 0.6) is 0 Å². The van der Waals surface area contributed by atoms with E-state index >= 15 is 0 Å². The summed E-state index contributed by atoms with van der Waals surface area (Å²) < 4.78 is 5.42. The van der Waals surface area contributed by atoms with Gasteiger partial charge in [-0.2, -0.15) is 0 Å². The molecule has 2 heterocycles. The number of hydrogen-bond acceptors (Lipinski definition) is 6. The van der Waals surface area contributed by atoms with Crippen molar-refractivity contribution in [2.24, 2.45) is 4.99 Å². The Morgan fingerprint density at radius 3 is 2.35 bits per heavy atom. The first kappa shape index (κ1) is 20.9. The average Bonchev–Trinajstić information content (AvgIpc) is 3.30. The summed E-state index contributed by atoms with van der Waals surface area (Å²) in [7, 11) is 0. The molecule has 1 saturated heterocycles. The van der Waals surface area contributed by atoms with Crippen molar-refractivity contribution in [3.05, 3.63) is 71.3 Å². The number of rotatable bonds is 7. The molecule has 2 aliphatic rings. The molecule has 0 N–H and O–H groups in total. The molecule has 7 heteroatoms. The van der Waals surface area contributed by atoms with E-state index in [1.54, 1.807) is 12.1 Å². The van der Waals surface area contributed by atoms with Gasteiger partial charge in [-0.25, -0.2) is 4.99 Å². The molecule has 0 aliphatic carbocycles. The summed E-state index contributed by atoms with van der Waals surface area (Å²) in [4.78, 5) is 45.0. The van der Waals surface area contributed by atoms with Gasteiger partial charge in [0, 0.05) is 12.1 Å². The number of ether oxygens (including phenoxy) is 1. The van der Waals surface area contributed by atoms with Crippen LogP contribution in [0.25, 0.3) is 0 Å². The van der Waals surface area contributed by atoms with Gasteiger partial charge in [-0.3, -0.25) is 19.3 Å². The lowest BCUT2D eigenvalue weighted by Gasteiger charge is -2.23. The lowest BCUT2D eigenvalue weighted by molar-refractivity contribution is -0.142. The molecule has 160 valence electrons. The maximum Gasteiger partial charge on any atom is 0.304 e. The summed E-state index contributed by atoms with van der Waals surface area (Å²) in [5, 5.41) is 0. The Balaban J connectivity index is 1.32. The van der Waals surface area contributed by atoms with Crippen molar-refractivity contribution in [1.82, 2.24) is 9.80 Å². The highest BCUT2D eigenvalue weighted by Crippen LogP contribution is 2.14. The van der Waals surface area contributed by atoms with Crippen LogP contribution in [0.3, 0.4) is 0 Å². The molecule has 31 heavy (non-hydrogen) atoms. The Hall–Kier alpha value is -3.32. The maximum atomic E-state index is 12.6. The minimum Gasteiger partial charge on any atom is -0.470 e. The Morgan fingerprint density at radius 1 is 0.935 bits per heavy atom. The van der Waals surface area contributed by atoms with Crippen molar-refractivity contribution in [3.63, 3.8) is 0 Å². The molecule has 0 aromatic heterocycles. The molecule has 1 amide bonds. The number of carbonyl (C=O) groups excluding carboxylic acids is 3. The minimum absolute atomic E-state index is 0.0759. The van der Waals surface area contributed by atoms with Gasteiger partial charge < -0.3 is 9.64 Å². The maximum absolute atomic E-state index is 12.6. The molecule has 0 bridgehead atoms. The predicted octanol–water partition coefficient (Wildman–Crippen LogP) is 2.45. The third-order valence-electron chi connectivity index (χ3n) is 5.49. The topological polar surface area (TPSA) is 79.3 Å². The zero-order valence-electron chi connectivity index (χ0n) is 17.3. The Labute approximate surface area is 181 Å². The van der Waals surface area contributed by atoms with Crippen LogP contribution in [0.1, 0.15) is 34.3 Å². The Kier molecular flexibility index (Phi) is 6.52. The molecular weight excluding hydrogens is 394 g/mol. The molecule has 1 fully saturated rings. The Morgan fingerprint density at radius 2 is 1.65 bits per heavy atom. The summed E-state index contributed by atoms with van der Waals surface area (Å²) in [6.07, 6.45) is 2.47. The first-order chi connectivity index (χ1) is 15.1. The number of likely N-dealkylation sites (tertiary alicyclic amines) is 1. The van der Waals surface area contributed by atoms with Gasteiger partial charge in [-0.15, -0.1) is 0 Å².